The van der Waals surface area contributed by atoms with Gasteiger partial charge >= 0.3 is 0 Å². The minimum atomic E-state index is -0.124. The van der Waals surface area contributed by atoms with Gasteiger partial charge in [-0.25, -0.2) is 4.98 Å². The quantitative estimate of drug-likeness (QED) is 0.695. The van der Waals surface area contributed by atoms with Gasteiger partial charge in [0.25, 0.3) is 11.3 Å². The molecule has 9 heteroatoms. The number of fused-ring (bicyclic) bond motifs is 1. The van der Waals surface area contributed by atoms with Gasteiger partial charge in [0.05, 0.1) is 12.2 Å². The highest BCUT2D eigenvalue weighted by Crippen LogP contribution is 2.18. The zero-order valence-electron chi connectivity index (χ0n) is 14.6. The summed E-state index contributed by atoms with van der Waals surface area (Å²) in [6.07, 6.45) is 3.70. The normalized spacial score (nSPS) is 18.0. The van der Waals surface area contributed by atoms with E-state index in [0.717, 1.165) is 12.2 Å². The fraction of sp³-hybridized carbons (Fsp3) is 0.471. The van der Waals surface area contributed by atoms with E-state index in [4.69, 9.17) is 0 Å². The topological polar surface area (TPSA) is 78.3 Å². The molecule has 0 aromatic carbocycles. The standard InChI is InChI=1S/C17H22N6OS.ClH/c1-12-5-2-3-7-22(12)11-13-9-15(24)23-17(19-13)20-16(21-23)18-10-14-6-4-8-25-14;/h4,6,8-9,12H,2-3,5,7,10-11H2,1H3,(H2,18,19,20,21);1H. The Kier molecular flexibility index (Phi) is 5.95. The molecule has 1 saturated heterocycles. The summed E-state index contributed by atoms with van der Waals surface area (Å²) in [4.78, 5) is 25.0. The molecule has 0 saturated carbocycles. The van der Waals surface area contributed by atoms with Crippen LogP contribution in [0.15, 0.2) is 28.4 Å². The van der Waals surface area contributed by atoms with Gasteiger partial charge in [-0.2, -0.15) is 9.50 Å². The number of hydrogen-bond acceptors (Lipinski definition) is 6. The maximum atomic E-state index is 12.4. The van der Waals surface area contributed by atoms with Gasteiger partial charge in [0, 0.05) is 23.5 Å². The number of aromatic amines is 1. The number of anilines is 1. The van der Waals surface area contributed by atoms with Gasteiger partial charge < -0.3 is 5.32 Å². The van der Waals surface area contributed by atoms with Crippen LogP contribution in [0.3, 0.4) is 0 Å². The van der Waals surface area contributed by atoms with Crippen LogP contribution in [0.4, 0.5) is 5.95 Å². The third-order valence-electron chi connectivity index (χ3n) is 4.70. The first kappa shape index (κ1) is 18.9. The maximum Gasteiger partial charge on any atom is 0.274 e. The average molecular weight is 395 g/mol. The van der Waals surface area contributed by atoms with Gasteiger partial charge in [0.2, 0.25) is 5.95 Å². The molecular weight excluding hydrogens is 372 g/mol. The van der Waals surface area contributed by atoms with E-state index < -0.39 is 0 Å². The summed E-state index contributed by atoms with van der Waals surface area (Å²) in [6, 6.07) is 6.22. The van der Waals surface area contributed by atoms with E-state index in [-0.39, 0.29) is 18.0 Å². The lowest BCUT2D eigenvalue weighted by Gasteiger charge is -2.32. The third kappa shape index (κ3) is 4.08. The smallest absolute Gasteiger partial charge is 0.274 e. The fourth-order valence-corrected chi connectivity index (χ4v) is 3.92. The molecule has 7 nitrogen and oxygen atoms in total. The molecule has 0 spiro atoms. The van der Waals surface area contributed by atoms with Crippen molar-refractivity contribution < 1.29 is 0 Å². The van der Waals surface area contributed by atoms with Gasteiger partial charge in [-0.15, -0.1) is 23.7 Å². The Morgan fingerprint density at radius 2 is 2.27 bits per heavy atom. The number of hydrogen-bond donors (Lipinski definition) is 2. The molecule has 0 radical (unpaired) electrons. The minimum absolute atomic E-state index is 0. The van der Waals surface area contributed by atoms with E-state index in [0.29, 0.717) is 30.9 Å². The number of aromatic nitrogens is 4. The van der Waals surface area contributed by atoms with Crippen LogP contribution >= 0.6 is 23.7 Å². The molecule has 1 atom stereocenters. The first-order chi connectivity index (χ1) is 12.2. The van der Waals surface area contributed by atoms with Crippen molar-refractivity contribution in [2.75, 3.05) is 11.9 Å². The second-order valence-corrected chi connectivity index (χ2v) is 7.57. The summed E-state index contributed by atoms with van der Waals surface area (Å²) in [5.74, 6) is 0.974. The van der Waals surface area contributed by atoms with E-state index in [1.807, 2.05) is 11.4 Å². The Bertz CT molecular complexity index is 906. The van der Waals surface area contributed by atoms with Crippen molar-refractivity contribution in [3.8, 4) is 0 Å². The Balaban J connectivity index is 0.00000196. The SMILES string of the molecule is CC1CCCCN1Cc1cc(=O)n2[nH]c(NCc3cccs3)nc2n1.Cl. The summed E-state index contributed by atoms with van der Waals surface area (Å²) in [6.45, 7) is 4.68. The highest BCUT2D eigenvalue weighted by molar-refractivity contribution is 7.09. The van der Waals surface area contributed by atoms with Crippen molar-refractivity contribution in [3.63, 3.8) is 0 Å². The lowest BCUT2D eigenvalue weighted by Crippen LogP contribution is -2.37. The number of halogens is 1. The second-order valence-electron chi connectivity index (χ2n) is 6.54. The van der Waals surface area contributed by atoms with Crippen LogP contribution in [-0.4, -0.2) is 37.1 Å². The lowest BCUT2D eigenvalue weighted by molar-refractivity contribution is 0.151. The average Bonchev–Trinajstić information content (AvgIpc) is 3.24. The minimum Gasteiger partial charge on any atom is -0.350 e. The highest BCUT2D eigenvalue weighted by Gasteiger charge is 2.19. The monoisotopic (exact) mass is 394 g/mol. The van der Waals surface area contributed by atoms with Gasteiger partial charge in [-0.1, -0.05) is 12.5 Å². The zero-order valence-corrected chi connectivity index (χ0v) is 16.3. The highest BCUT2D eigenvalue weighted by atomic mass is 35.5. The summed E-state index contributed by atoms with van der Waals surface area (Å²) >= 11 is 1.68. The Morgan fingerprint density at radius 1 is 1.38 bits per heavy atom. The summed E-state index contributed by atoms with van der Waals surface area (Å²) < 4.78 is 1.39. The molecule has 3 aromatic rings. The zero-order chi connectivity index (χ0) is 17.2. The van der Waals surface area contributed by atoms with Crippen LogP contribution < -0.4 is 10.9 Å². The summed E-state index contributed by atoms with van der Waals surface area (Å²) in [5, 5.41) is 8.22. The molecular formula is C17H23ClN6OS. The molecule has 0 bridgehead atoms. The van der Waals surface area contributed by atoms with E-state index in [2.05, 4.69) is 38.3 Å². The molecule has 3 aromatic heterocycles. The maximum absolute atomic E-state index is 12.4. The van der Waals surface area contributed by atoms with Gasteiger partial charge in [-0.3, -0.25) is 14.8 Å². The molecule has 1 fully saturated rings. The van der Waals surface area contributed by atoms with Crippen LogP contribution in [0.2, 0.25) is 0 Å². The van der Waals surface area contributed by atoms with E-state index >= 15 is 0 Å². The van der Waals surface area contributed by atoms with E-state index in [1.165, 1.54) is 28.7 Å². The first-order valence-corrected chi connectivity index (χ1v) is 9.56. The van der Waals surface area contributed by atoms with Crippen LogP contribution in [-0.2, 0) is 13.1 Å². The number of likely N-dealkylation sites (tertiary alicyclic amines) is 1. The molecule has 26 heavy (non-hydrogen) atoms. The summed E-state index contributed by atoms with van der Waals surface area (Å²) in [5.41, 5.74) is 0.663. The molecule has 2 N–H and O–H groups in total. The van der Waals surface area contributed by atoms with Crippen molar-refractivity contribution in [1.82, 2.24) is 24.5 Å². The third-order valence-corrected chi connectivity index (χ3v) is 5.58. The second kappa shape index (κ2) is 8.20. The molecule has 0 amide bonds. The van der Waals surface area contributed by atoms with Crippen molar-refractivity contribution in [2.45, 2.75) is 45.3 Å². The number of nitrogens with zero attached hydrogens (tertiary/aromatic N) is 4. The van der Waals surface area contributed by atoms with Crippen LogP contribution in [0.1, 0.15) is 36.8 Å². The Labute approximate surface area is 161 Å². The molecule has 0 aliphatic carbocycles. The van der Waals surface area contributed by atoms with Crippen LogP contribution in [0.25, 0.3) is 5.78 Å². The van der Waals surface area contributed by atoms with Crippen molar-refractivity contribution in [2.24, 2.45) is 0 Å². The van der Waals surface area contributed by atoms with Gasteiger partial charge in [0.1, 0.15) is 0 Å². The molecule has 140 valence electrons. The number of nitrogens with one attached hydrogen (secondary N) is 2. The van der Waals surface area contributed by atoms with Crippen LogP contribution in [0, 0.1) is 0 Å². The fourth-order valence-electron chi connectivity index (χ4n) is 3.27. The first-order valence-electron chi connectivity index (χ1n) is 8.68. The number of piperidine rings is 1. The van der Waals surface area contributed by atoms with Crippen molar-refractivity contribution in [1.29, 1.82) is 0 Å². The largest absolute Gasteiger partial charge is 0.350 e. The van der Waals surface area contributed by atoms with Crippen LogP contribution in [0.5, 0.6) is 0 Å². The summed E-state index contributed by atoms with van der Waals surface area (Å²) in [7, 11) is 0. The predicted octanol–water partition coefficient (Wildman–Crippen LogP) is 2.89. The van der Waals surface area contributed by atoms with Crippen molar-refractivity contribution in [3.05, 3.63) is 44.5 Å². The molecule has 1 aliphatic rings. The van der Waals surface area contributed by atoms with E-state index in [9.17, 15) is 4.79 Å². The molecule has 1 unspecified atom stereocenters. The Morgan fingerprint density at radius 3 is 3.04 bits per heavy atom. The number of thiophene rings is 1. The molecule has 4 heterocycles. The molecule has 1 aliphatic heterocycles. The number of H-pyrrole nitrogens is 1. The number of rotatable bonds is 5. The lowest BCUT2D eigenvalue weighted by atomic mass is 10.0. The van der Waals surface area contributed by atoms with Gasteiger partial charge in [-0.05, 0) is 37.8 Å². The molecule has 4 rings (SSSR count). The predicted molar refractivity (Wildman–Crippen MR) is 106 cm³/mol. The van der Waals surface area contributed by atoms with Gasteiger partial charge in [0.15, 0.2) is 0 Å². The Hall–Kier alpha value is -1.90. The van der Waals surface area contributed by atoms with Crippen molar-refractivity contribution >= 4 is 35.5 Å². The van der Waals surface area contributed by atoms with E-state index in [1.54, 1.807) is 17.4 Å².